The highest BCUT2D eigenvalue weighted by Gasteiger charge is 2.47. The third kappa shape index (κ3) is 3.31. The lowest BCUT2D eigenvalue weighted by molar-refractivity contribution is -0.162. The molecule has 0 aromatic rings. The summed E-state index contributed by atoms with van der Waals surface area (Å²) in [7, 11) is 1.46. The normalized spacial score (nSPS) is 24.2. The Labute approximate surface area is 108 Å². The average Bonchev–Trinajstić information content (AvgIpc) is 2.37. The molecule has 1 aliphatic carbocycles. The molecular formula is C13H21NO4. The number of rotatable bonds is 6. The molecule has 0 spiro atoms. The maximum absolute atomic E-state index is 12.1. The first-order valence-corrected chi connectivity index (χ1v) is 6.43. The van der Waals surface area contributed by atoms with Crippen molar-refractivity contribution in [3.05, 3.63) is 0 Å². The molecule has 0 N–H and O–H groups in total. The van der Waals surface area contributed by atoms with Crippen LogP contribution >= 0.6 is 0 Å². The van der Waals surface area contributed by atoms with Crippen LogP contribution in [0.3, 0.4) is 0 Å². The van der Waals surface area contributed by atoms with Crippen LogP contribution in [0.5, 0.6) is 0 Å². The Balaban J connectivity index is 2.76. The third-order valence-electron chi connectivity index (χ3n) is 3.34. The summed E-state index contributed by atoms with van der Waals surface area (Å²) in [5, 5.41) is 3.63. The Morgan fingerprint density at radius 1 is 1.50 bits per heavy atom. The van der Waals surface area contributed by atoms with Crippen molar-refractivity contribution in [3.63, 3.8) is 0 Å². The standard InChI is InChI=1S/C13H21NO4/c1-3-18-12(16)13(9-6-10-14-17-2)8-5-4-7-11(13)15/h10H,3-9H2,1-2H3/b14-10+. The van der Waals surface area contributed by atoms with Crippen LogP contribution in [0.4, 0.5) is 0 Å². The number of esters is 1. The topological polar surface area (TPSA) is 65.0 Å². The molecule has 1 unspecified atom stereocenters. The van der Waals surface area contributed by atoms with E-state index in [2.05, 4.69) is 9.99 Å². The van der Waals surface area contributed by atoms with Gasteiger partial charge in [-0.05, 0) is 32.6 Å². The number of nitrogens with zero attached hydrogens (tertiary/aromatic N) is 1. The lowest BCUT2D eigenvalue weighted by Crippen LogP contribution is -2.43. The van der Waals surface area contributed by atoms with E-state index in [-0.39, 0.29) is 11.8 Å². The number of hydrogen-bond donors (Lipinski definition) is 0. The molecule has 1 rings (SSSR count). The summed E-state index contributed by atoms with van der Waals surface area (Å²) in [5.41, 5.74) is -0.950. The molecule has 0 bridgehead atoms. The second-order valence-electron chi connectivity index (χ2n) is 4.44. The highest BCUT2D eigenvalue weighted by molar-refractivity contribution is 6.04. The van der Waals surface area contributed by atoms with E-state index in [1.807, 2.05) is 0 Å². The van der Waals surface area contributed by atoms with E-state index in [9.17, 15) is 9.59 Å². The molecule has 0 saturated heterocycles. The van der Waals surface area contributed by atoms with Crippen molar-refractivity contribution in [2.24, 2.45) is 10.6 Å². The van der Waals surface area contributed by atoms with E-state index in [0.717, 1.165) is 12.8 Å². The molecule has 0 amide bonds. The first-order valence-electron chi connectivity index (χ1n) is 6.43. The molecule has 18 heavy (non-hydrogen) atoms. The molecule has 0 heterocycles. The predicted molar refractivity (Wildman–Crippen MR) is 67.3 cm³/mol. The lowest BCUT2D eigenvalue weighted by atomic mass is 9.70. The quantitative estimate of drug-likeness (QED) is 0.315. The minimum Gasteiger partial charge on any atom is -0.465 e. The van der Waals surface area contributed by atoms with Crippen LogP contribution in [0.25, 0.3) is 0 Å². The first kappa shape index (κ1) is 14.7. The molecule has 0 aliphatic heterocycles. The van der Waals surface area contributed by atoms with E-state index in [4.69, 9.17) is 4.74 Å². The van der Waals surface area contributed by atoms with Gasteiger partial charge in [0, 0.05) is 12.6 Å². The van der Waals surface area contributed by atoms with Crippen LogP contribution in [0.2, 0.25) is 0 Å². The minimum atomic E-state index is -0.950. The van der Waals surface area contributed by atoms with E-state index >= 15 is 0 Å². The number of carbonyl (C=O) groups is 2. The summed E-state index contributed by atoms with van der Waals surface area (Å²) in [6.45, 7) is 2.06. The lowest BCUT2D eigenvalue weighted by Gasteiger charge is -2.32. The molecule has 1 atom stereocenters. The first-order chi connectivity index (χ1) is 8.67. The zero-order valence-electron chi connectivity index (χ0n) is 11.1. The maximum Gasteiger partial charge on any atom is 0.319 e. The molecule has 0 aromatic carbocycles. The second-order valence-corrected chi connectivity index (χ2v) is 4.44. The van der Waals surface area contributed by atoms with Crippen LogP contribution in [-0.2, 0) is 19.2 Å². The fraction of sp³-hybridized carbons (Fsp3) is 0.769. The summed E-state index contributed by atoms with van der Waals surface area (Å²) in [6, 6.07) is 0. The van der Waals surface area contributed by atoms with Gasteiger partial charge in [-0.25, -0.2) is 0 Å². The zero-order chi connectivity index (χ0) is 13.4. The Bertz CT molecular complexity index is 327. The third-order valence-corrected chi connectivity index (χ3v) is 3.34. The van der Waals surface area contributed by atoms with Crippen LogP contribution in [0.1, 0.15) is 45.4 Å². The van der Waals surface area contributed by atoms with Gasteiger partial charge in [-0.1, -0.05) is 11.6 Å². The number of ketones is 1. The van der Waals surface area contributed by atoms with Crippen molar-refractivity contribution in [3.8, 4) is 0 Å². The fourth-order valence-corrected chi connectivity index (χ4v) is 2.38. The maximum atomic E-state index is 12.1. The van der Waals surface area contributed by atoms with E-state index in [1.165, 1.54) is 7.11 Å². The summed E-state index contributed by atoms with van der Waals surface area (Å²) in [4.78, 5) is 28.8. The highest BCUT2D eigenvalue weighted by atomic mass is 16.6. The van der Waals surface area contributed by atoms with Crippen LogP contribution in [0, 0.1) is 5.41 Å². The molecule has 1 fully saturated rings. The van der Waals surface area contributed by atoms with Gasteiger partial charge in [-0.15, -0.1) is 0 Å². The van der Waals surface area contributed by atoms with Crippen LogP contribution in [-0.4, -0.2) is 31.7 Å². The predicted octanol–water partition coefficient (Wildman–Crippen LogP) is 2.09. The molecule has 5 heteroatoms. The largest absolute Gasteiger partial charge is 0.465 e. The molecule has 1 aliphatic rings. The van der Waals surface area contributed by atoms with Gasteiger partial charge in [0.1, 0.15) is 18.3 Å². The van der Waals surface area contributed by atoms with Gasteiger partial charge < -0.3 is 9.57 Å². The highest BCUT2D eigenvalue weighted by Crippen LogP contribution is 2.38. The van der Waals surface area contributed by atoms with Crippen molar-refractivity contribution in [1.29, 1.82) is 0 Å². The van der Waals surface area contributed by atoms with Gasteiger partial charge in [0.25, 0.3) is 0 Å². The summed E-state index contributed by atoms with van der Waals surface area (Å²) >= 11 is 0. The van der Waals surface area contributed by atoms with E-state index < -0.39 is 5.41 Å². The Morgan fingerprint density at radius 2 is 2.28 bits per heavy atom. The number of Topliss-reactive ketones (excluding diaryl/α,β-unsaturated/α-hetero) is 1. The van der Waals surface area contributed by atoms with E-state index in [1.54, 1.807) is 13.1 Å². The van der Waals surface area contributed by atoms with Crippen LogP contribution in [0.15, 0.2) is 5.16 Å². The van der Waals surface area contributed by atoms with Crippen molar-refractivity contribution in [2.75, 3.05) is 13.7 Å². The van der Waals surface area contributed by atoms with Gasteiger partial charge in [0.05, 0.1) is 6.61 Å². The number of oxime groups is 1. The number of ether oxygens (including phenoxy) is 1. The van der Waals surface area contributed by atoms with Crippen molar-refractivity contribution < 1.29 is 19.2 Å². The smallest absolute Gasteiger partial charge is 0.319 e. The van der Waals surface area contributed by atoms with Crippen molar-refractivity contribution >= 4 is 18.0 Å². The van der Waals surface area contributed by atoms with Crippen molar-refractivity contribution in [1.82, 2.24) is 0 Å². The van der Waals surface area contributed by atoms with Gasteiger partial charge in [-0.2, -0.15) is 0 Å². The molecule has 5 nitrogen and oxygen atoms in total. The Kier molecular flexibility index (Phi) is 5.82. The average molecular weight is 255 g/mol. The fourth-order valence-electron chi connectivity index (χ4n) is 2.38. The molecule has 0 aromatic heterocycles. The molecular weight excluding hydrogens is 234 g/mol. The SMILES string of the molecule is CCOC(=O)C1(CC/C=N/OC)CCCCC1=O. The molecule has 102 valence electrons. The summed E-state index contributed by atoms with van der Waals surface area (Å²) < 4.78 is 5.08. The molecule has 1 saturated carbocycles. The van der Waals surface area contributed by atoms with Gasteiger partial charge in [-0.3, -0.25) is 9.59 Å². The van der Waals surface area contributed by atoms with E-state index in [0.29, 0.717) is 32.3 Å². The number of hydrogen-bond acceptors (Lipinski definition) is 5. The minimum absolute atomic E-state index is 0.0121. The van der Waals surface area contributed by atoms with Crippen LogP contribution < -0.4 is 0 Å². The zero-order valence-corrected chi connectivity index (χ0v) is 11.1. The molecule has 0 radical (unpaired) electrons. The van der Waals surface area contributed by atoms with Gasteiger partial charge in [0.15, 0.2) is 0 Å². The number of carbonyl (C=O) groups excluding carboxylic acids is 2. The van der Waals surface area contributed by atoms with Crippen molar-refractivity contribution in [2.45, 2.75) is 45.4 Å². The summed E-state index contributed by atoms with van der Waals surface area (Å²) in [6.07, 6.45) is 5.41. The van der Waals surface area contributed by atoms with Gasteiger partial charge in [0.2, 0.25) is 0 Å². The Hall–Kier alpha value is -1.39. The second kappa shape index (κ2) is 7.13. The Morgan fingerprint density at radius 3 is 2.89 bits per heavy atom. The monoisotopic (exact) mass is 255 g/mol. The van der Waals surface area contributed by atoms with Gasteiger partial charge >= 0.3 is 5.97 Å². The summed E-state index contributed by atoms with van der Waals surface area (Å²) in [5.74, 6) is -0.362.